The summed E-state index contributed by atoms with van der Waals surface area (Å²) < 4.78 is 0. The molecule has 0 saturated carbocycles. The van der Waals surface area contributed by atoms with Gasteiger partial charge in [0.1, 0.15) is 11.1 Å². The van der Waals surface area contributed by atoms with Crippen molar-refractivity contribution in [3.05, 3.63) is 45.8 Å². The van der Waals surface area contributed by atoms with Crippen molar-refractivity contribution in [2.24, 2.45) is 10.9 Å². The number of nitriles is 1. The summed E-state index contributed by atoms with van der Waals surface area (Å²) in [4.78, 5) is 8.33. The van der Waals surface area contributed by atoms with E-state index in [4.69, 9.17) is 0 Å². The van der Waals surface area contributed by atoms with E-state index in [1.165, 1.54) is 22.5 Å². The lowest BCUT2D eigenvalue weighted by molar-refractivity contribution is 0.507. The van der Waals surface area contributed by atoms with Gasteiger partial charge in [-0.15, -0.1) is 11.3 Å². The van der Waals surface area contributed by atoms with E-state index >= 15 is 0 Å². The molecular weight excluding hydrogens is 326 g/mol. The Balaban J connectivity index is 1.82. The Morgan fingerprint density at radius 2 is 2.00 bits per heavy atom. The Kier molecular flexibility index (Phi) is 5.55. The van der Waals surface area contributed by atoms with Crippen molar-refractivity contribution in [1.29, 1.82) is 5.26 Å². The summed E-state index contributed by atoms with van der Waals surface area (Å²) in [6.07, 6.45) is 5.16. The monoisotopic (exact) mass is 351 g/mol. The van der Waals surface area contributed by atoms with Crippen LogP contribution in [0.2, 0.25) is 0 Å². The smallest absolute Gasteiger partial charge is 0.134 e. The van der Waals surface area contributed by atoms with Crippen LogP contribution in [0.15, 0.2) is 29.3 Å². The van der Waals surface area contributed by atoms with Gasteiger partial charge in [-0.05, 0) is 62.3 Å². The van der Waals surface area contributed by atoms with Gasteiger partial charge < -0.3 is 4.90 Å². The minimum absolute atomic E-state index is 0.710. The van der Waals surface area contributed by atoms with Crippen LogP contribution >= 0.6 is 11.3 Å². The first-order valence-corrected chi connectivity index (χ1v) is 9.91. The molecule has 3 rings (SSSR count). The number of aliphatic imine (C=N–C) groups is 1. The lowest BCUT2D eigenvalue weighted by Gasteiger charge is -2.20. The molecule has 1 aromatic carbocycles. The van der Waals surface area contributed by atoms with Crippen molar-refractivity contribution in [1.82, 2.24) is 0 Å². The standard InChI is InChI=1S/C21H25N3S/c1-4-24(5-2)17-9-7-16(8-10-17)14-23-21-19(13-22)18-11-6-15(3)12-20(18)25-21/h7-10,14-15H,4-6,11-12H2,1-3H3/b23-14+. The third kappa shape index (κ3) is 3.77. The van der Waals surface area contributed by atoms with Gasteiger partial charge in [-0.25, -0.2) is 4.99 Å². The molecule has 1 aliphatic carbocycles. The normalized spacial score (nSPS) is 16.6. The Morgan fingerprint density at radius 1 is 1.28 bits per heavy atom. The Labute approximate surface area is 154 Å². The first-order valence-electron chi connectivity index (χ1n) is 9.09. The zero-order chi connectivity index (χ0) is 17.8. The third-order valence-corrected chi connectivity index (χ3v) is 6.12. The minimum Gasteiger partial charge on any atom is -0.372 e. The fourth-order valence-electron chi connectivity index (χ4n) is 3.44. The molecule has 0 bridgehead atoms. The molecule has 0 amide bonds. The molecule has 0 aliphatic heterocycles. The summed E-state index contributed by atoms with van der Waals surface area (Å²) in [6.45, 7) is 8.64. The van der Waals surface area contributed by atoms with Crippen LogP contribution in [0.5, 0.6) is 0 Å². The highest BCUT2D eigenvalue weighted by Crippen LogP contribution is 2.40. The number of benzene rings is 1. The van der Waals surface area contributed by atoms with E-state index in [0.29, 0.717) is 5.92 Å². The van der Waals surface area contributed by atoms with Crippen molar-refractivity contribution in [2.45, 2.75) is 40.0 Å². The molecule has 3 nitrogen and oxygen atoms in total. The van der Waals surface area contributed by atoms with Crippen molar-refractivity contribution >= 4 is 28.2 Å². The van der Waals surface area contributed by atoms with Crippen LogP contribution in [0.1, 0.15) is 48.8 Å². The van der Waals surface area contributed by atoms with Crippen LogP contribution < -0.4 is 4.90 Å². The quantitative estimate of drug-likeness (QED) is 0.682. The van der Waals surface area contributed by atoms with E-state index in [1.54, 1.807) is 11.3 Å². The maximum Gasteiger partial charge on any atom is 0.134 e. The number of thiophene rings is 1. The number of hydrogen-bond acceptors (Lipinski definition) is 4. The Hall–Kier alpha value is -2.12. The van der Waals surface area contributed by atoms with Crippen LogP contribution in [0.3, 0.4) is 0 Å². The second-order valence-corrected chi connectivity index (χ2v) is 7.75. The molecule has 0 radical (unpaired) electrons. The fraction of sp³-hybridized carbons (Fsp3) is 0.429. The number of hydrogen-bond donors (Lipinski definition) is 0. The summed E-state index contributed by atoms with van der Waals surface area (Å²) >= 11 is 1.70. The number of nitrogens with zero attached hydrogens (tertiary/aromatic N) is 3. The largest absolute Gasteiger partial charge is 0.372 e. The highest BCUT2D eigenvalue weighted by atomic mass is 32.1. The predicted molar refractivity (Wildman–Crippen MR) is 107 cm³/mol. The van der Waals surface area contributed by atoms with Crippen LogP contribution in [0.4, 0.5) is 10.7 Å². The third-order valence-electron chi connectivity index (χ3n) is 4.96. The first-order chi connectivity index (χ1) is 12.2. The molecule has 130 valence electrons. The van der Waals surface area contributed by atoms with Crippen molar-refractivity contribution in [2.75, 3.05) is 18.0 Å². The van der Waals surface area contributed by atoms with Gasteiger partial charge in [0.25, 0.3) is 0 Å². The molecule has 1 aromatic heterocycles. The number of fused-ring (bicyclic) bond motifs is 1. The highest BCUT2D eigenvalue weighted by molar-refractivity contribution is 7.16. The van der Waals surface area contributed by atoms with Crippen molar-refractivity contribution in [3.63, 3.8) is 0 Å². The van der Waals surface area contributed by atoms with Crippen LogP contribution in [-0.2, 0) is 12.8 Å². The zero-order valence-electron chi connectivity index (χ0n) is 15.2. The van der Waals surface area contributed by atoms with Gasteiger partial charge in [-0.2, -0.15) is 5.26 Å². The van der Waals surface area contributed by atoms with E-state index in [0.717, 1.165) is 42.1 Å². The molecule has 2 aromatic rings. The molecule has 0 fully saturated rings. The van der Waals surface area contributed by atoms with Crippen LogP contribution in [-0.4, -0.2) is 19.3 Å². The fourth-order valence-corrected chi connectivity index (χ4v) is 4.74. The summed E-state index contributed by atoms with van der Waals surface area (Å²) in [5, 5.41) is 10.4. The first kappa shape index (κ1) is 17.7. The summed E-state index contributed by atoms with van der Waals surface area (Å²) in [7, 11) is 0. The van der Waals surface area contributed by atoms with E-state index in [-0.39, 0.29) is 0 Å². The van der Waals surface area contributed by atoms with Crippen LogP contribution in [0, 0.1) is 17.2 Å². The molecule has 1 aliphatic rings. The van der Waals surface area contributed by atoms with Crippen molar-refractivity contribution in [3.8, 4) is 6.07 Å². The average Bonchev–Trinajstić information content (AvgIpc) is 2.98. The molecule has 0 N–H and O–H groups in total. The molecule has 0 spiro atoms. The Morgan fingerprint density at radius 3 is 2.64 bits per heavy atom. The summed E-state index contributed by atoms with van der Waals surface area (Å²) in [6, 6.07) is 10.9. The highest BCUT2D eigenvalue weighted by Gasteiger charge is 2.23. The molecule has 4 heteroatoms. The van der Waals surface area contributed by atoms with E-state index in [2.05, 4.69) is 61.0 Å². The maximum absolute atomic E-state index is 9.56. The molecule has 0 saturated heterocycles. The maximum atomic E-state index is 9.56. The summed E-state index contributed by atoms with van der Waals surface area (Å²) in [5.41, 5.74) is 4.34. The van der Waals surface area contributed by atoms with Gasteiger partial charge >= 0.3 is 0 Å². The average molecular weight is 352 g/mol. The second kappa shape index (κ2) is 7.84. The van der Waals surface area contributed by atoms with Gasteiger partial charge in [-0.1, -0.05) is 19.1 Å². The topological polar surface area (TPSA) is 39.4 Å². The van der Waals surface area contributed by atoms with E-state index in [1.807, 2.05) is 6.21 Å². The van der Waals surface area contributed by atoms with Gasteiger partial charge in [0, 0.05) is 29.9 Å². The SMILES string of the molecule is CCN(CC)c1ccc(/C=N/c2sc3c(c2C#N)CCC(C)C3)cc1. The molecule has 1 atom stereocenters. The van der Waals surface area contributed by atoms with Gasteiger partial charge in [-0.3, -0.25) is 0 Å². The lowest BCUT2D eigenvalue weighted by Crippen LogP contribution is -2.21. The van der Waals surface area contributed by atoms with Crippen molar-refractivity contribution < 1.29 is 0 Å². The predicted octanol–water partition coefficient (Wildman–Crippen LogP) is 5.34. The minimum atomic E-state index is 0.710. The van der Waals surface area contributed by atoms with Gasteiger partial charge in [0.2, 0.25) is 0 Å². The number of anilines is 1. The molecular formula is C21H25N3S. The lowest BCUT2D eigenvalue weighted by atomic mass is 9.89. The zero-order valence-corrected chi connectivity index (χ0v) is 16.1. The summed E-state index contributed by atoms with van der Waals surface area (Å²) in [5.74, 6) is 0.710. The number of rotatable bonds is 5. The molecule has 1 heterocycles. The molecule has 25 heavy (non-hydrogen) atoms. The van der Waals surface area contributed by atoms with Crippen LogP contribution in [0.25, 0.3) is 0 Å². The van der Waals surface area contributed by atoms with E-state index < -0.39 is 0 Å². The van der Waals surface area contributed by atoms with Gasteiger partial charge in [0.15, 0.2) is 0 Å². The van der Waals surface area contributed by atoms with E-state index in [9.17, 15) is 5.26 Å². The Bertz CT molecular complexity index is 792. The van der Waals surface area contributed by atoms with Gasteiger partial charge in [0.05, 0.1) is 5.56 Å². The second-order valence-electron chi connectivity index (χ2n) is 6.67. The molecule has 1 unspecified atom stereocenters.